The van der Waals surface area contributed by atoms with Crippen molar-refractivity contribution in [2.45, 2.75) is 13.0 Å². The predicted octanol–water partition coefficient (Wildman–Crippen LogP) is 2.65. The summed E-state index contributed by atoms with van der Waals surface area (Å²) in [6.45, 7) is 5.68. The Morgan fingerprint density at radius 2 is 1.81 bits per heavy atom. The van der Waals surface area contributed by atoms with Crippen molar-refractivity contribution >= 4 is 47.5 Å². The Morgan fingerprint density at radius 1 is 1.19 bits per heavy atom. The Labute approximate surface area is 181 Å². The molecule has 1 saturated heterocycles. The summed E-state index contributed by atoms with van der Waals surface area (Å²) >= 11 is 5.88. The lowest BCUT2D eigenvalue weighted by Gasteiger charge is -2.35. The minimum Gasteiger partial charge on any atom is -0.489 e. The maximum atomic E-state index is 6.15. The number of aliphatic imine (C=N–C) groups is 1. The lowest BCUT2D eigenvalue weighted by molar-refractivity contribution is 0.229. The molecule has 1 aromatic carbocycles. The highest BCUT2D eigenvalue weighted by Crippen LogP contribution is 2.17. The SMILES string of the molecule is C[C@@H](CN=C(N)N1CCN(c2ncccn2)CC1)Oc1ccc(Cl)cc1.I. The van der Waals surface area contributed by atoms with Crippen molar-refractivity contribution in [2.75, 3.05) is 37.6 Å². The maximum absolute atomic E-state index is 6.15. The zero-order chi connectivity index (χ0) is 18.4. The number of nitrogens with two attached hydrogens (primary N) is 1. The first-order valence-corrected chi connectivity index (χ1v) is 8.98. The first kappa shape index (κ1) is 21.5. The summed E-state index contributed by atoms with van der Waals surface area (Å²) in [6.07, 6.45) is 3.44. The second kappa shape index (κ2) is 10.5. The molecule has 27 heavy (non-hydrogen) atoms. The predicted molar refractivity (Wildman–Crippen MR) is 119 cm³/mol. The largest absolute Gasteiger partial charge is 0.489 e. The Balaban J connectivity index is 0.00000261. The number of ether oxygens (including phenoxy) is 1. The van der Waals surface area contributed by atoms with Crippen molar-refractivity contribution in [3.8, 4) is 5.75 Å². The molecule has 2 N–H and O–H groups in total. The first-order valence-electron chi connectivity index (χ1n) is 8.61. The zero-order valence-corrected chi connectivity index (χ0v) is 18.2. The average molecular weight is 503 g/mol. The molecule has 9 heteroatoms. The van der Waals surface area contributed by atoms with Gasteiger partial charge in [0.15, 0.2) is 5.96 Å². The van der Waals surface area contributed by atoms with Crippen LogP contribution in [0.3, 0.4) is 0 Å². The molecular formula is C18H24ClIN6O. The van der Waals surface area contributed by atoms with E-state index in [1.807, 2.05) is 25.1 Å². The number of benzene rings is 1. The van der Waals surface area contributed by atoms with Crippen LogP contribution in [0.2, 0.25) is 5.02 Å². The van der Waals surface area contributed by atoms with E-state index in [0.717, 1.165) is 37.9 Å². The Morgan fingerprint density at radius 3 is 2.44 bits per heavy atom. The molecule has 146 valence electrons. The first-order chi connectivity index (χ1) is 12.6. The second-order valence-electron chi connectivity index (χ2n) is 6.10. The van der Waals surface area contributed by atoms with E-state index < -0.39 is 0 Å². The van der Waals surface area contributed by atoms with E-state index in [-0.39, 0.29) is 30.1 Å². The van der Waals surface area contributed by atoms with Crippen LogP contribution >= 0.6 is 35.6 Å². The van der Waals surface area contributed by atoms with Gasteiger partial charge in [0, 0.05) is 43.6 Å². The number of aromatic nitrogens is 2. The molecule has 0 saturated carbocycles. The number of piperazine rings is 1. The number of rotatable bonds is 5. The molecule has 1 aliphatic rings. The van der Waals surface area contributed by atoms with Gasteiger partial charge >= 0.3 is 0 Å². The van der Waals surface area contributed by atoms with Crippen molar-refractivity contribution < 1.29 is 4.74 Å². The van der Waals surface area contributed by atoms with E-state index in [4.69, 9.17) is 22.1 Å². The van der Waals surface area contributed by atoms with Gasteiger partial charge in [-0.1, -0.05) is 11.6 Å². The van der Waals surface area contributed by atoms with Gasteiger partial charge in [0.05, 0.1) is 6.54 Å². The fourth-order valence-electron chi connectivity index (χ4n) is 2.69. The van der Waals surface area contributed by atoms with Crippen molar-refractivity contribution in [1.82, 2.24) is 14.9 Å². The fraction of sp³-hybridized carbons (Fsp3) is 0.389. The molecular weight excluding hydrogens is 479 g/mol. The molecule has 2 aromatic rings. The van der Waals surface area contributed by atoms with E-state index in [1.54, 1.807) is 24.5 Å². The van der Waals surface area contributed by atoms with Gasteiger partial charge in [-0.3, -0.25) is 0 Å². The lowest BCUT2D eigenvalue weighted by atomic mass is 10.3. The maximum Gasteiger partial charge on any atom is 0.225 e. The lowest BCUT2D eigenvalue weighted by Crippen LogP contribution is -2.51. The topological polar surface area (TPSA) is 79.9 Å². The van der Waals surface area contributed by atoms with Gasteiger partial charge in [-0.25, -0.2) is 15.0 Å². The third-order valence-electron chi connectivity index (χ3n) is 4.10. The van der Waals surface area contributed by atoms with Crippen LogP contribution in [0.25, 0.3) is 0 Å². The summed E-state index contributed by atoms with van der Waals surface area (Å²) in [5.41, 5.74) is 6.15. The second-order valence-corrected chi connectivity index (χ2v) is 6.54. The molecule has 0 radical (unpaired) electrons. The highest BCUT2D eigenvalue weighted by molar-refractivity contribution is 14.0. The molecule has 7 nitrogen and oxygen atoms in total. The minimum absolute atomic E-state index is 0. The minimum atomic E-state index is -0.0752. The van der Waals surface area contributed by atoms with E-state index in [0.29, 0.717) is 17.5 Å². The van der Waals surface area contributed by atoms with Gasteiger partial charge in [0.2, 0.25) is 5.95 Å². The van der Waals surface area contributed by atoms with E-state index >= 15 is 0 Å². The summed E-state index contributed by atoms with van der Waals surface area (Å²) in [5.74, 6) is 2.07. The van der Waals surface area contributed by atoms with Crippen LogP contribution in [-0.2, 0) is 0 Å². The molecule has 0 aliphatic carbocycles. The molecule has 0 spiro atoms. The van der Waals surface area contributed by atoms with E-state index in [2.05, 4.69) is 24.8 Å². The molecule has 1 atom stereocenters. The van der Waals surface area contributed by atoms with Crippen molar-refractivity contribution in [3.63, 3.8) is 0 Å². The summed E-state index contributed by atoms with van der Waals surface area (Å²) in [5, 5.41) is 0.687. The monoisotopic (exact) mass is 502 g/mol. The number of hydrogen-bond donors (Lipinski definition) is 1. The number of anilines is 1. The van der Waals surface area contributed by atoms with Crippen LogP contribution in [0.1, 0.15) is 6.92 Å². The molecule has 3 rings (SSSR count). The van der Waals surface area contributed by atoms with Gasteiger partial charge in [-0.15, -0.1) is 24.0 Å². The van der Waals surface area contributed by atoms with E-state index in [9.17, 15) is 0 Å². The number of guanidine groups is 1. The number of nitrogens with zero attached hydrogens (tertiary/aromatic N) is 5. The molecule has 0 unspecified atom stereocenters. The smallest absolute Gasteiger partial charge is 0.225 e. The normalized spacial score (nSPS) is 15.9. The quantitative estimate of drug-likeness (QED) is 0.385. The summed E-state index contributed by atoms with van der Waals surface area (Å²) in [6, 6.07) is 9.11. The summed E-state index contributed by atoms with van der Waals surface area (Å²) in [4.78, 5) is 17.3. The van der Waals surface area contributed by atoms with Crippen molar-refractivity contribution in [3.05, 3.63) is 47.7 Å². The highest BCUT2D eigenvalue weighted by Gasteiger charge is 2.20. The molecule has 0 bridgehead atoms. The van der Waals surface area contributed by atoms with Crippen LogP contribution in [0.4, 0.5) is 5.95 Å². The Hall–Kier alpha value is -1.81. The standard InChI is InChI=1S/C18H23ClN6O.HI/c1-14(26-16-5-3-15(19)4-6-16)13-23-17(20)24-9-11-25(12-10-24)18-21-7-2-8-22-18;/h2-8,14H,9-13H2,1H3,(H2,20,23);1H/t14-;/m0./s1. The van der Waals surface area contributed by atoms with Gasteiger partial charge in [0.25, 0.3) is 0 Å². The zero-order valence-electron chi connectivity index (χ0n) is 15.2. The fourth-order valence-corrected chi connectivity index (χ4v) is 2.82. The summed E-state index contributed by atoms with van der Waals surface area (Å²) in [7, 11) is 0. The van der Waals surface area contributed by atoms with Gasteiger partial charge < -0.3 is 20.3 Å². The van der Waals surface area contributed by atoms with Crippen molar-refractivity contribution in [2.24, 2.45) is 10.7 Å². The van der Waals surface area contributed by atoms with Crippen LogP contribution < -0.4 is 15.4 Å². The third-order valence-corrected chi connectivity index (χ3v) is 4.35. The van der Waals surface area contributed by atoms with Gasteiger partial charge in [-0.05, 0) is 37.3 Å². The van der Waals surface area contributed by atoms with Crippen LogP contribution in [-0.4, -0.2) is 59.7 Å². The third kappa shape index (κ3) is 6.39. The Kier molecular flexibility index (Phi) is 8.36. The van der Waals surface area contributed by atoms with Crippen LogP contribution in [0.15, 0.2) is 47.7 Å². The molecule has 2 heterocycles. The number of hydrogen-bond acceptors (Lipinski definition) is 5. The average Bonchev–Trinajstić information content (AvgIpc) is 2.69. The highest BCUT2D eigenvalue weighted by atomic mass is 127. The molecule has 1 aliphatic heterocycles. The van der Waals surface area contributed by atoms with E-state index in [1.165, 1.54) is 0 Å². The van der Waals surface area contributed by atoms with Crippen LogP contribution in [0, 0.1) is 0 Å². The number of halogens is 2. The molecule has 1 aromatic heterocycles. The molecule has 0 amide bonds. The van der Waals surface area contributed by atoms with Gasteiger partial charge in [0.1, 0.15) is 11.9 Å². The molecule has 1 fully saturated rings. The Bertz CT molecular complexity index is 722. The van der Waals surface area contributed by atoms with Crippen molar-refractivity contribution in [1.29, 1.82) is 0 Å². The van der Waals surface area contributed by atoms with Gasteiger partial charge in [-0.2, -0.15) is 0 Å². The summed E-state index contributed by atoms with van der Waals surface area (Å²) < 4.78 is 5.82. The van der Waals surface area contributed by atoms with Crippen LogP contribution in [0.5, 0.6) is 5.75 Å².